The van der Waals surface area contributed by atoms with Gasteiger partial charge in [-0.2, -0.15) is 0 Å². The second-order valence-corrected chi connectivity index (χ2v) is 5.96. The molecule has 0 unspecified atom stereocenters. The van der Waals surface area contributed by atoms with Crippen molar-refractivity contribution in [2.45, 2.75) is 13.3 Å². The van der Waals surface area contributed by atoms with Gasteiger partial charge in [-0.25, -0.2) is 4.98 Å². The maximum absolute atomic E-state index is 12.5. The zero-order valence-corrected chi connectivity index (χ0v) is 13.9. The van der Waals surface area contributed by atoms with Gasteiger partial charge in [-0.05, 0) is 23.8 Å². The summed E-state index contributed by atoms with van der Waals surface area (Å²) >= 11 is 1.29. The number of esters is 1. The minimum Gasteiger partial charge on any atom is -0.466 e. The molecule has 0 saturated heterocycles. The summed E-state index contributed by atoms with van der Waals surface area (Å²) in [6, 6.07) is 13.3. The van der Waals surface area contributed by atoms with Crippen LogP contribution in [0.1, 0.15) is 23.0 Å². The van der Waals surface area contributed by atoms with Crippen LogP contribution in [0.3, 0.4) is 0 Å². The third-order valence-electron chi connectivity index (χ3n) is 3.44. The maximum atomic E-state index is 12.5. The predicted molar refractivity (Wildman–Crippen MR) is 94.4 cm³/mol. The quantitative estimate of drug-likeness (QED) is 0.720. The van der Waals surface area contributed by atoms with Crippen molar-refractivity contribution < 1.29 is 14.3 Å². The Morgan fingerprint density at radius 1 is 1.17 bits per heavy atom. The van der Waals surface area contributed by atoms with E-state index >= 15 is 0 Å². The monoisotopic (exact) mass is 340 g/mol. The fourth-order valence-electron chi connectivity index (χ4n) is 2.39. The summed E-state index contributed by atoms with van der Waals surface area (Å²) in [5, 5.41) is 6.90. The van der Waals surface area contributed by atoms with Crippen molar-refractivity contribution in [3.05, 3.63) is 59.1 Å². The third kappa shape index (κ3) is 3.60. The van der Waals surface area contributed by atoms with Crippen LogP contribution in [0, 0.1) is 0 Å². The molecule has 0 radical (unpaired) electrons. The molecular weight excluding hydrogens is 324 g/mol. The van der Waals surface area contributed by atoms with E-state index in [2.05, 4.69) is 10.3 Å². The molecule has 3 aromatic rings. The Morgan fingerprint density at radius 2 is 1.96 bits per heavy atom. The van der Waals surface area contributed by atoms with Gasteiger partial charge in [0.2, 0.25) is 0 Å². The average molecular weight is 340 g/mol. The SMILES string of the molecule is CCOC(=O)Cc1csc(NC(=O)c2cccc3ccccc23)n1. The molecule has 0 spiro atoms. The van der Waals surface area contributed by atoms with Crippen LogP contribution in [0.4, 0.5) is 5.13 Å². The van der Waals surface area contributed by atoms with E-state index in [1.165, 1.54) is 11.3 Å². The highest BCUT2D eigenvalue weighted by Gasteiger charge is 2.13. The molecule has 122 valence electrons. The number of aromatic nitrogens is 1. The third-order valence-corrected chi connectivity index (χ3v) is 4.24. The zero-order valence-electron chi connectivity index (χ0n) is 13.1. The van der Waals surface area contributed by atoms with Gasteiger partial charge >= 0.3 is 5.97 Å². The van der Waals surface area contributed by atoms with E-state index in [-0.39, 0.29) is 18.3 Å². The van der Waals surface area contributed by atoms with Gasteiger partial charge in [0.15, 0.2) is 5.13 Å². The maximum Gasteiger partial charge on any atom is 0.311 e. The molecule has 1 N–H and O–H groups in total. The summed E-state index contributed by atoms with van der Waals surface area (Å²) in [6.07, 6.45) is 0.106. The second kappa shape index (κ2) is 7.23. The smallest absolute Gasteiger partial charge is 0.311 e. The number of nitrogens with one attached hydrogen (secondary N) is 1. The van der Waals surface area contributed by atoms with Crippen molar-refractivity contribution in [2.75, 3.05) is 11.9 Å². The van der Waals surface area contributed by atoms with Gasteiger partial charge in [-0.3, -0.25) is 14.9 Å². The average Bonchev–Trinajstić information content (AvgIpc) is 3.01. The number of carbonyl (C=O) groups is 2. The molecule has 5 nitrogen and oxygen atoms in total. The molecule has 6 heteroatoms. The van der Waals surface area contributed by atoms with Crippen molar-refractivity contribution in [1.29, 1.82) is 0 Å². The first-order chi connectivity index (χ1) is 11.7. The number of nitrogens with zero attached hydrogens (tertiary/aromatic N) is 1. The largest absolute Gasteiger partial charge is 0.466 e. The van der Waals surface area contributed by atoms with Gasteiger partial charge in [-0.15, -0.1) is 11.3 Å². The first-order valence-corrected chi connectivity index (χ1v) is 8.44. The molecule has 24 heavy (non-hydrogen) atoms. The zero-order chi connectivity index (χ0) is 16.9. The number of thiazole rings is 1. The Balaban J connectivity index is 1.75. The molecule has 0 aliphatic carbocycles. The van der Waals surface area contributed by atoms with E-state index < -0.39 is 0 Å². The number of amides is 1. The highest BCUT2D eigenvalue weighted by atomic mass is 32.1. The number of hydrogen-bond acceptors (Lipinski definition) is 5. The van der Waals surface area contributed by atoms with E-state index in [0.29, 0.717) is 23.0 Å². The summed E-state index contributed by atoms with van der Waals surface area (Å²) in [4.78, 5) is 28.3. The van der Waals surface area contributed by atoms with Crippen LogP contribution in [-0.4, -0.2) is 23.5 Å². The molecule has 0 saturated carbocycles. The van der Waals surface area contributed by atoms with Crippen molar-refractivity contribution in [3.8, 4) is 0 Å². The second-order valence-electron chi connectivity index (χ2n) is 5.11. The number of carbonyl (C=O) groups excluding carboxylic acids is 2. The number of hydrogen-bond donors (Lipinski definition) is 1. The van der Waals surface area contributed by atoms with Crippen LogP contribution in [0.2, 0.25) is 0 Å². The van der Waals surface area contributed by atoms with Gasteiger partial charge in [-0.1, -0.05) is 36.4 Å². The molecule has 0 aliphatic heterocycles. The molecule has 3 rings (SSSR count). The van der Waals surface area contributed by atoms with Gasteiger partial charge in [0.05, 0.1) is 18.7 Å². The number of ether oxygens (including phenoxy) is 1. The highest BCUT2D eigenvalue weighted by Crippen LogP contribution is 2.21. The predicted octanol–water partition coefficient (Wildman–Crippen LogP) is 3.65. The molecule has 0 atom stereocenters. The number of benzene rings is 2. The summed E-state index contributed by atoms with van der Waals surface area (Å²) in [6.45, 7) is 2.10. The lowest BCUT2D eigenvalue weighted by molar-refractivity contribution is -0.142. The van der Waals surface area contributed by atoms with Crippen LogP contribution in [0.5, 0.6) is 0 Å². The van der Waals surface area contributed by atoms with Crippen molar-refractivity contribution in [1.82, 2.24) is 4.98 Å². The fourth-order valence-corrected chi connectivity index (χ4v) is 3.10. The summed E-state index contributed by atoms with van der Waals surface area (Å²) in [5.41, 5.74) is 1.18. The molecule has 0 aliphatic rings. The minimum atomic E-state index is -0.324. The summed E-state index contributed by atoms with van der Waals surface area (Å²) in [7, 11) is 0. The highest BCUT2D eigenvalue weighted by molar-refractivity contribution is 7.14. The number of rotatable bonds is 5. The van der Waals surface area contributed by atoms with E-state index in [1.54, 1.807) is 18.4 Å². The van der Waals surface area contributed by atoms with Crippen molar-refractivity contribution in [3.63, 3.8) is 0 Å². The van der Waals surface area contributed by atoms with E-state index in [1.807, 2.05) is 36.4 Å². The van der Waals surface area contributed by atoms with Gasteiger partial charge in [0.1, 0.15) is 0 Å². The molecular formula is C18H16N2O3S. The van der Waals surface area contributed by atoms with Crippen LogP contribution < -0.4 is 5.32 Å². The minimum absolute atomic E-state index is 0.106. The lowest BCUT2D eigenvalue weighted by Crippen LogP contribution is -2.12. The Bertz CT molecular complexity index is 883. The van der Waals surface area contributed by atoms with Crippen molar-refractivity contribution >= 4 is 39.1 Å². The van der Waals surface area contributed by atoms with Crippen LogP contribution >= 0.6 is 11.3 Å². The fraction of sp³-hybridized carbons (Fsp3) is 0.167. The Labute approximate surface area is 143 Å². The first kappa shape index (κ1) is 16.1. The van der Waals surface area contributed by atoms with Crippen LogP contribution in [-0.2, 0) is 16.0 Å². The normalized spacial score (nSPS) is 10.5. The Morgan fingerprint density at radius 3 is 2.79 bits per heavy atom. The molecule has 0 bridgehead atoms. The van der Waals surface area contributed by atoms with Crippen molar-refractivity contribution in [2.24, 2.45) is 0 Å². The first-order valence-electron chi connectivity index (χ1n) is 7.56. The van der Waals surface area contributed by atoms with Gasteiger partial charge in [0, 0.05) is 10.9 Å². The lowest BCUT2D eigenvalue weighted by Gasteiger charge is -2.06. The van der Waals surface area contributed by atoms with Gasteiger partial charge < -0.3 is 4.74 Å². The van der Waals surface area contributed by atoms with Crippen LogP contribution in [0.15, 0.2) is 47.8 Å². The van der Waals surface area contributed by atoms with E-state index in [9.17, 15) is 9.59 Å². The topological polar surface area (TPSA) is 68.3 Å². The molecule has 1 amide bonds. The Kier molecular flexibility index (Phi) is 4.86. The standard InChI is InChI=1S/C18H16N2O3S/c1-2-23-16(21)10-13-11-24-18(19-13)20-17(22)15-9-5-7-12-6-3-4-8-14(12)15/h3-9,11H,2,10H2,1H3,(H,19,20,22). The molecule has 1 aromatic heterocycles. The molecule has 2 aromatic carbocycles. The van der Waals surface area contributed by atoms with Gasteiger partial charge in [0.25, 0.3) is 5.91 Å². The lowest BCUT2D eigenvalue weighted by atomic mass is 10.0. The molecule has 0 fully saturated rings. The summed E-state index contributed by atoms with van der Waals surface area (Å²) in [5.74, 6) is -0.543. The number of fused-ring (bicyclic) bond motifs is 1. The van der Waals surface area contributed by atoms with Crippen LogP contribution in [0.25, 0.3) is 10.8 Å². The number of anilines is 1. The van der Waals surface area contributed by atoms with E-state index in [4.69, 9.17) is 4.74 Å². The molecule has 1 heterocycles. The van der Waals surface area contributed by atoms with E-state index in [0.717, 1.165) is 10.8 Å². The Hall–Kier alpha value is -2.73. The summed E-state index contributed by atoms with van der Waals surface area (Å²) < 4.78 is 4.89.